The van der Waals surface area contributed by atoms with Crippen LogP contribution in [-0.4, -0.2) is 23.9 Å². The maximum absolute atomic E-state index is 12.6. The average molecular weight is 469 g/mol. The summed E-state index contributed by atoms with van der Waals surface area (Å²) < 4.78 is 0. The Hall–Kier alpha value is -3.68. The van der Waals surface area contributed by atoms with E-state index in [9.17, 15) is 14.4 Å². The molecule has 0 aliphatic carbocycles. The molecule has 3 aromatic carbocycles. The molecule has 0 aromatic heterocycles. The second-order valence-corrected chi connectivity index (χ2v) is 7.53. The molecule has 0 aliphatic rings. The van der Waals surface area contributed by atoms with Crippen LogP contribution in [0, 0.1) is 6.92 Å². The molecule has 0 bridgehead atoms. The van der Waals surface area contributed by atoms with Gasteiger partial charge >= 0.3 is 11.8 Å². The monoisotopic (exact) mass is 468 g/mol. The van der Waals surface area contributed by atoms with Crippen LogP contribution in [0.1, 0.15) is 21.5 Å². The summed E-state index contributed by atoms with van der Waals surface area (Å²) in [6, 6.07) is 18.4. The number of carbonyl (C=O) groups is 3. The minimum Gasteiger partial charge on any atom is -0.322 e. The van der Waals surface area contributed by atoms with Crippen molar-refractivity contribution in [3.63, 3.8) is 0 Å². The summed E-state index contributed by atoms with van der Waals surface area (Å²) in [4.78, 5) is 37.0. The molecule has 162 valence electrons. The van der Waals surface area contributed by atoms with E-state index in [0.717, 1.165) is 5.56 Å². The van der Waals surface area contributed by atoms with Gasteiger partial charge in [-0.25, -0.2) is 5.43 Å². The first-order chi connectivity index (χ1) is 15.3. The molecule has 32 heavy (non-hydrogen) atoms. The highest BCUT2D eigenvalue weighted by atomic mass is 35.5. The van der Waals surface area contributed by atoms with Crippen LogP contribution in [0.2, 0.25) is 10.0 Å². The van der Waals surface area contributed by atoms with Crippen LogP contribution in [0.15, 0.2) is 71.8 Å². The van der Waals surface area contributed by atoms with Crippen LogP contribution in [0.25, 0.3) is 0 Å². The molecule has 0 saturated heterocycles. The molecule has 0 spiro atoms. The van der Waals surface area contributed by atoms with Gasteiger partial charge in [-0.3, -0.25) is 14.4 Å². The van der Waals surface area contributed by atoms with Gasteiger partial charge in [-0.1, -0.05) is 59.1 Å². The Bertz CT molecular complexity index is 1190. The minimum absolute atomic E-state index is 0.182. The van der Waals surface area contributed by atoms with Gasteiger partial charge in [0.05, 0.1) is 22.5 Å². The normalized spacial score (nSPS) is 10.6. The Morgan fingerprint density at radius 2 is 1.59 bits per heavy atom. The topological polar surface area (TPSA) is 99.7 Å². The first-order valence-electron chi connectivity index (χ1n) is 9.40. The van der Waals surface area contributed by atoms with E-state index >= 15 is 0 Å². The predicted octanol–water partition coefficient (Wildman–Crippen LogP) is 4.64. The van der Waals surface area contributed by atoms with Crippen molar-refractivity contribution in [2.75, 3.05) is 10.6 Å². The van der Waals surface area contributed by atoms with E-state index in [-0.39, 0.29) is 11.3 Å². The maximum atomic E-state index is 12.6. The number of nitrogens with one attached hydrogen (secondary N) is 3. The van der Waals surface area contributed by atoms with Crippen LogP contribution in [0.3, 0.4) is 0 Å². The average Bonchev–Trinajstić information content (AvgIpc) is 2.77. The van der Waals surface area contributed by atoms with E-state index in [1.165, 1.54) is 24.4 Å². The SMILES string of the molecule is Cc1ccc(NC(=O)c2ccccc2NC(=O)C(=O)N/N=C\c2ccc(Cl)cc2Cl)cc1. The number of nitrogens with zero attached hydrogens (tertiary/aromatic N) is 1. The molecular formula is C23H18Cl2N4O3. The van der Waals surface area contributed by atoms with E-state index in [0.29, 0.717) is 21.3 Å². The smallest absolute Gasteiger partial charge is 0.322 e. The number of hydrogen-bond donors (Lipinski definition) is 3. The lowest BCUT2D eigenvalue weighted by Crippen LogP contribution is -2.33. The number of amides is 3. The first kappa shape index (κ1) is 23.0. The van der Waals surface area contributed by atoms with Crippen molar-refractivity contribution in [3.05, 3.63) is 93.5 Å². The van der Waals surface area contributed by atoms with Gasteiger partial charge < -0.3 is 10.6 Å². The zero-order valence-corrected chi connectivity index (χ0v) is 18.4. The van der Waals surface area contributed by atoms with Crippen molar-refractivity contribution >= 4 is 58.5 Å². The van der Waals surface area contributed by atoms with Crippen LogP contribution < -0.4 is 16.1 Å². The van der Waals surface area contributed by atoms with Crippen molar-refractivity contribution in [2.45, 2.75) is 6.92 Å². The Morgan fingerprint density at radius 1 is 0.875 bits per heavy atom. The maximum Gasteiger partial charge on any atom is 0.329 e. The molecule has 7 nitrogen and oxygen atoms in total. The van der Waals surface area contributed by atoms with Gasteiger partial charge in [-0.05, 0) is 43.3 Å². The predicted molar refractivity (Wildman–Crippen MR) is 126 cm³/mol. The number of hydrogen-bond acceptors (Lipinski definition) is 4. The summed E-state index contributed by atoms with van der Waals surface area (Å²) in [6.07, 6.45) is 1.28. The number of para-hydroxylation sites is 1. The number of halogens is 2. The third kappa shape index (κ3) is 6.16. The number of carbonyl (C=O) groups excluding carboxylic acids is 3. The molecular weight excluding hydrogens is 451 g/mol. The molecule has 3 amide bonds. The van der Waals surface area contributed by atoms with Gasteiger partial charge in [-0.15, -0.1) is 0 Å². The fraction of sp³-hybridized carbons (Fsp3) is 0.0435. The highest BCUT2D eigenvalue weighted by Crippen LogP contribution is 2.20. The highest BCUT2D eigenvalue weighted by Gasteiger charge is 2.17. The Morgan fingerprint density at radius 3 is 2.31 bits per heavy atom. The number of benzene rings is 3. The molecule has 9 heteroatoms. The highest BCUT2D eigenvalue weighted by molar-refractivity contribution is 6.40. The second kappa shape index (κ2) is 10.6. The van der Waals surface area contributed by atoms with Crippen molar-refractivity contribution in [3.8, 4) is 0 Å². The summed E-state index contributed by atoms with van der Waals surface area (Å²) >= 11 is 11.8. The largest absolute Gasteiger partial charge is 0.329 e. The van der Waals surface area contributed by atoms with Crippen LogP contribution in [0.5, 0.6) is 0 Å². The molecule has 0 fully saturated rings. The molecule has 0 aliphatic heterocycles. The summed E-state index contributed by atoms with van der Waals surface area (Å²) in [5.41, 5.74) is 4.67. The van der Waals surface area contributed by atoms with Gasteiger partial charge in [0.25, 0.3) is 5.91 Å². The summed E-state index contributed by atoms with van der Waals surface area (Å²) in [6.45, 7) is 1.94. The van der Waals surface area contributed by atoms with E-state index in [1.54, 1.807) is 36.4 Å². The summed E-state index contributed by atoms with van der Waals surface area (Å²) in [5.74, 6) is -2.43. The third-order valence-electron chi connectivity index (χ3n) is 4.27. The molecule has 3 rings (SSSR count). The number of anilines is 2. The lowest BCUT2D eigenvalue weighted by atomic mass is 10.1. The third-order valence-corrected chi connectivity index (χ3v) is 4.83. The van der Waals surface area contributed by atoms with Gasteiger partial charge in [0.2, 0.25) is 0 Å². The van der Waals surface area contributed by atoms with E-state index < -0.39 is 17.7 Å². The van der Waals surface area contributed by atoms with Crippen molar-refractivity contribution in [1.82, 2.24) is 5.43 Å². The fourth-order valence-corrected chi connectivity index (χ4v) is 3.08. The molecule has 3 aromatic rings. The first-order valence-corrected chi connectivity index (χ1v) is 10.2. The standard InChI is InChI=1S/C23H18Cl2N4O3/c1-14-6-10-17(11-7-14)27-21(30)18-4-2-3-5-20(18)28-22(31)23(32)29-26-13-15-8-9-16(24)12-19(15)25/h2-13H,1H3,(H,27,30)(H,28,31)(H,29,32)/b26-13-. The van der Waals surface area contributed by atoms with Crippen molar-refractivity contribution in [2.24, 2.45) is 5.10 Å². The molecule has 0 saturated carbocycles. The van der Waals surface area contributed by atoms with Crippen LogP contribution in [-0.2, 0) is 9.59 Å². The minimum atomic E-state index is -1.01. The zero-order chi connectivity index (χ0) is 23.1. The summed E-state index contributed by atoms with van der Waals surface area (Å²) in [5, 5.41) is 9.70. The number of rotatable bonds is 5. The Labute approximate surface area is 194 Å². The molecule has 0 atom stereocenters. The Balaban J connectivity index is 1.64. The van der Waals surface area contributed by atoms with E-state index in [2.05, 4.69) is 21.2 Å². The number of aryl methyl sites for hydroxylation is 1. The van der Waals surface area contributed by atoms with Crippen LogP contribution >= 0.6 is 23.2 Å². The van der Waals surface area contributed by atoms with Gasteiger partial charge in [0.1, 0.15) is 0 Å². The van der Waals surface area contributed by atoms with Gasteiger partial charge in [0, 0.05) is 16.3 Å². The van der Waals surface area contributed by atoms with Gasteiger partial charge in [0.15, 0.2) is 0 Å². The van der Waals surface area contributed by atoms with Crippen molar-refractivity contribution in [1.29, 1.82) is 0 Å². The number of hydrazone groups is 1. The van der Waals surface area contributed by atoms with Crippen molar-refractivity contribution < 1.29 is 14.4 Å². The molecule has 0 radical (unpaired) electrons. The lowest BCUT2D eigenvalue weighted by molar-refractivity contribution is -0.136. The fourth-order valence-electron chi connectivity index (χ4n) is 2.62. The molecule has 0 heterocycles. The quantitative estimate of drug-likeness (QED) is 0.288. The second-order valence-electron chi connectivity index (χ2n) is 6.68. The van der Waals surface area contributed by atoms with Crippen LogP contribution in [0.4, 0.5) is 11.4 Å². The molecule has 0 unspecified atom stereocenters. The van der Waals surface area contributed by atoms with E-state index in [1.807, 2.05) is 19.1 Å². The zero-order valence-electron chi connectivity index (χ0n) is 16.9. The van der Waals surface area contributed by atoms with Gasteiger partial charge in [-0.2, -0.15) is 5.10 Å². The Kier molecular flexibility index (Phi) is 7.59. The van der Waals surface area contributed by atoms with E-state index in [4.69, 9.17) is 23.2 Å². The lowest BCUT2D eigenvalue weighted by Gasteiger charge is -2.11. The molecule has 3 N–H and O–H groups in total. The summed E-state index contributed by atoms with van der Waals surface area (Å²) in [7, 11) is 0.